The van der Waals surface area contributed by atoms with Gasteiger partial charge in [-0.2, -0.15) is 0 Å². The molecule has 27 heavy (non-hydrogen) atoms. The maximum Gasteiger partial charge on any atom is 0.312 e. The van der Waals surface area contributed by atoms with Crippen molar-refractivity contribution in [1.82, 2.24) is 0 Å². The van der Waals surface area contributed by atoms with Crippen molar-refractivity contribution in [1.29, 1.82) is 0 Å². The third kappa shape index (κ3) is 3.27. The highest BCUT2D eigenvalue weighted by Gasteiger charge is 2.70. The quantitative estimate of drug-likeness (QED) is 0.255. The summed E-state index contributed by atoms with van der Waals surface area (Å²) in [5, 5.41) is 0. The molecule has 0 aromatic heterocycles. The van der Waals surface area contributed by atoms with Gasteiger partial charge in [0.2, 0.25) is 0 Å². The molecule has 4 fully saturated rings. The molecule has 6 atom stereocenters. The van der Waals surface area contributed by atoms with Gasteiger partial charge in [-0.1, -0.05) is 29.0 Å². The Balaban J connectivity index is 1.50. The molecular weight excluding hydrogens is 463 g/mol. The molecule has 2 bridgehead atoms. The number of hydrogen-bond acceptors (Lipinski definition) is 6. The van der Waals surface area contributed by atoms with Gasteiger partial charge in [0.05, 0.1) is 17.3 Å². The topological polar surface area (TPSA) is 78.9 Å². The highest BCUT2D eigenvalue weighted by atomic mass is 127. The van der Waals surface area contributed by atoms with Crippen LogP contribution in [0.4, 0.5) is 0 Å². The van der Waals surface area contributed by atoms with Crippen LogP contribution in [0.1, 0.15) is 52.4 Å². The summed E-state index contributed by atoms with van der Waals surface area (Å²) < 4.78 is 17.8. The minimum absolute atomic E-state index is 0.0353. The Morgan fingerprint density at radius 2 is 1.85 bits per heavy atom. The first kappa shape index (κ1) is 19.5. The van der Waals surface area contributed by atoms with Gasteiger partial charge in [0.15, 0.2) is 0 Å². The molecule has 0 amide bonds. The summed E-state index contributed by atoms with van der Waals surface area (Å²) in [5.74, 6) is -2.11. The first-order valence-electron chi connectivity index (χ1n) is 10.0. The first-order valence-corrected chi connectivity index (χ1v) is 11.5. The second-order valence-electron chi connectivity index (χ2n) is 9.10. The summed E-state index contributed by atoms with van der Waals surface area (Å²) in [6, 6.07) is 0. The van der Waals surface area contributed by atoms with Crippen molar-refractivity contribution in [3.8, 4) is 0 Å². The molecule has 150 valence electrons. The number of carbonyl (C=O) groups is 3. The summed E-state index contributed by atoms with van der Waals surface area (Å²) >= 11 is 2.17. The predicted molar refractivity (Wildman–Crippen MR) is 104 cm³/mol. The SMILES string of the molecule is CC(C)(CI)C(=O)OC1C2CC3C1OC(=O)C3C2C(=O)OC1CCCCC1. The summed E-state index contributed by atoms with van der Waals surface area (Å²) in [5.41, 5.74) is -0.609. The first-order chi connectivity index (χ1) is 12.8. The minimum Gasteiger partial charge on any atom is -0.462 e. The van der Waals surface area contributed by atoms with E-state index in [1.165, 1.54) is 6.42 Å². The number of ether oxygens (including phenoxy) is 3. The molecule has 4 rings (SSSR count). The number of carbonyl (C=O) groups excluding carboxylic acids is 3. The number of halogens is 1. The molecule has 0 N–H and O–H groups in total. The maximum absolute atomic E-state index is 12.9. The Hall–Kier alpha value is -0.860. The molecule has 1 aliphatic heterocycles. The van der Waals surface area contributed by atoms with Crippen LogP contribution in [-0.4, -0.2) is 40.6 Å². The highest BCUT2D eigenvalue weighted by molar-refractivity contribution is 14.1. The van der Waals surface area contributed by atoms with Crippen LogP contribution >= 0.6 is 22.6 Å². The van der Waals surface area contributed by atoms with E-state index >= 15 is 0 Å². The second-order valence-corrected chi connectivity index (χ2v) is 9.86. The van der Waals surface area contributed by atoms with Crippen molar-refractivity contribution in [3.05, 3.63) is 0 Å². The normalized spacial score (nSPS) is 38.0. The minimum atomic E-state index is -0.609. The summed E-state index contributed by atoms with van der Waals surface area (Å²) in [6.45, 7) is 3.68. The van der Waals surface area contributed by atoms with E-state index in [-0.39, 0.29) is 35.8 Å². The molecule has 3 saturated carbocycles. The average molecular weight is 490 g/mol. The number of alkyl halides is 1. The lowest BCUT2D eigenvalue weighted by Gasteiger charge is -2.33. The second kappa shape index (κ2) is 7.19. The number of rotatable bonds is 5. The van der Waals surface area contributed by atoms with E-state index in [0.717, 1.165) is 25.7 Å². The fraction of sp³-hybridized carbons (Fsp3) is 0.850. The Bertz CT molecular complexity index is 640. The van der Waals surface area contributed by atoms with E-state index in [1.54, 1.807) is 0 Å². The molecule has 0 aromatic carbocycles. The van der Waals surface area contributed by atoms with Crippen molar-refractivity contribution >= 4 is 40.5 Å². The van der Waals surface area contributed by atoms with Crippen LogP contribution in [0, 0.1) is 29.1 Å². The van der Waals surface area contributed by atoms with Gasteiger partial charge in [0.25, 0.3) is 0 Å². The molecule has 3 aliphatic carbocycles. The lowest BCUT2D eigenvalue weighted by molar-refractivity contribution is -0.174. The van der Waals surface area contributed by atoms with Gasteiger partial charge in [-0.05, 0) is 46.0 Å². The van der Waals surface area contributed by atoms with E-state index in [0.29, 0.717) is 10.8 Å². The number of esters is 3. The molecule has 7 heteroatoms. The van der Waals surface area contributed by atoms with Crippen LogP contribution in [-0.2, 0) is 28.6 Å². The number of fused-ring (bicyclic) bond motifs is 1. The number of hydrogen-bond donors (Lipinski definition) is 0. The molecule has 4 aliphatic rings. The molecule has 6 unspecified atom stereocenters. The van der Waals surface area contributed by atoms with Crippen molar-refractivity contribution in [2.45, 2.75) is 70.7 Å². The predicted octanol–water partition coefficient (Wildman–Crippen LogP) is 3.04. The third-order valence-corrected chi connectivity index (χ3v) is 8.69. The molecule has 1 heterocycles. The average Bonchev–Trinajstić information content (AvgIpc) is 3.26. The smallest absolute Gasteiger partial charge is 0.312 e. The van der Waals surface area contributed by atoms with Gasteiger partial charge in [0.1, 0.15) is 18.3 Å². The molecule has 1 saturated heterocycles. The summed E-state index contributed by atoms with van der Waals surface area (Å²) in [6.07, 6.45) is 4.84. The largest absolute Gasteiger partial charge is 0.462 e. The van der Waals surface area contributed by atoms with E-state index in [1.807, 2.05) is 13.8 Å². The lowest BCUT2D eigenvalue weighted by atomic mass is 9.78. The Morgan fingerprint density at radius 3 is 2.52 bits per heavy atom. The van der Waals surface area contributed by atoms with Crippen molar-refractivity contribution in [2.75, 3.05) is 4.43 Å². The fourth-order valence-electron chi connectivity index (χ4n) is 5.23. The molecule has 0 radical (unpaired) electrons. The summed E-state index contributed by atoms with van der Waals surface area (Å²) in [4.78, 5) is 38.0. The molecular formula is C20H27IO6. The Labute approximate surface area is 173 Å². The van der Waals surface area contributed by atoms with Crippen LogP contribution in [0.5, 0.6) is 0 Å². The molecule has 6 nitrogen and oxygen atoms in total. The standard InChI is InChI=1S/C20H27IO6/c1-20(2,9-21)19(24)27-16-12-8-11-14(18(23)26-15(11)16)13(12)17(22)25-10-6-4-3-5-7-10/h10-16H,3-9H2,1-2H3. The van der Waals surface area contributed by atoms with E-state index in [4.69, 9.17) is 14.2 Å². The van der Waals surface area contributed by atoms with Gasteiger partial charge in [-0.25, -0.2) is 0 Å². The lowest BCUT2D eigenvalue weighted by Crippen LogP contribution is -2.46. The third-order valence-electron chi connectivity index (χ3n) is 6.78. The van der Waals surface area contributed by atoms with Crippen LogP contribution in [0.25, 0.3) is 0 Å². The molecule has 0 spiro atoms. The van der Waals surface area contributed by atoms with Crippen LogP contribution < -0.4 is 0 Å². The van der Waals surface area contributed by atoms with E-state index in [2.05, 4.69) is 22.6 Å². The van der Waals surface area contributed by atoms with Crippen LogP contribution in [0.3, 0.4) is 0 Å². The Morgan fingerprint density at radius 1 is 1.15 bits per heavy atom. The molecule has 0 aromatic rings. The monoisotopic (exact) mass is 490 g/mol. The van der Waals surface area contributed by atoms with Gasteiger partial charge in [-0.3, -0.25) is 14.4 Å². The zero-order valence-corrected chi connectivity index (χ0v) is 18.0. The zero-order valence-electron chi connectivity index (χ0n) is 15.8. The van der Waals surface area contributed by atoms with Crippen molar-refractivity contribution in [2.24, 2.45) is 29.1 Å². The zero-order chi connectivity index (χ0) is 19.3. The Kier molecular flexibility index (Phi) is 5.18. The van der Waals surface area contributed by atoms with Gasteiger partial charge < -0.3 is 14.2 Å². The van der Waals surface area contributed by atoms with Gasteiger partial charge in [-0.15, -0.1) is 0 Å². The maximum atomic E-state index is 12.9. The van der Waals surface area contributed by atoms with Crippen LogP contribution in [0.2, 0.25) is 0 Å². The van der Waals surface area contributed by atoms with Gasteiger partial charge >= 0.3 is 17.9 Å². The van der Waals surface area contributed by atoms with Crippen molar-refractivity contribution < 1.29 is 28.6 Å². The van der Waals surface area contributed by atoms with Gasteiger partial charge in [0, 0.05) is 16.3 Å². The summed E-state index contributed by atoms with van der Waals surface area (Å²) in [7, 11) is 0. The highest BCUT2D eigenvalue weighted by Crippen LogP contribution is 2.59. The van der Waals surface area contributed by atoms with Crippen molar-refractivity contribution in [3.63, 3.8) is 0 Å². The van der Waals surface area contributed by atoms with E-state index < -0.39 is 29.5 Å². The van der Waals surface area contributed by atoms with Crippen LogP contribution in [0.15, 0.2) is 0 Å². The fourth-order valence-corrected chi connectivity index (χ4v) is 5.54. The van der Waals surface area contributed by atoms with E-state index in [9.17, 15) is 14.4 Å².